The third-order valence-corrected chi connectivity index (χ3v) is 7.03. The molecule has 0 aromatic heterocycles. The summed E-state index contributed by atoms with van der Waals surface area (Å²) in [5.41, 5.74) is 10.8. The van der Waals surface area contributed by atoms with E-state index in [1.807, 2.05) is 0 Å². The Balaban J connectivity index is 1.75. The summed E-state index contributed by atoms with van der Waals surface area (Å²) in [4.78, 5) is 60.9. The lowest BCUT2D eigenvalue weighted by Crippen LogP contribution is -2.66. The number of imide groups is 1. The molecule has 0 aliphatic carbocycles. The molecular weight excluding hydrogens is 532 g/mol. The average molecular weight is 581 g/mol. The van der Waals surface area contributed by atoms with Gasteiger partial charge in [-0.2, -0.15) is 0 Å². The molecule has 0 radical (unpaired) electrons. The van der Waals surface area contributed by atoms with Gasteiger partial charge in [-0.05, 0) is 12.8 Å². The van der Waals surface area contributed by atoms with Crippen molar-refractivity contribution in [2.45, 2.75) is 43.7 Å². The predicted molar refractivity (Wildman–Crippen MR) is 154 cm³/mol. The summed E-state index contributed by atoms with van der Waals surface area (Å²) >= 11 is 0. The standard InChI is InChI=1S/C26H48N10O5/c1-20(37)34-25(14-27)16-29-9-11-31-18-26(15-28,19-32-12-10-30-17-25)35-22(39)5-2-4-21(38)33-8-3-13-36-23(40)6-7-24(36)41/h6-7,29-32H,2-5,8-19,27-28H2,1H3,(H,33,38)(H,34,37)(H,35,39)/t25-,26+. The van der Waals surface area contributed by atoms with Crippen molar-refractivity contribution in [2.75, 3.05) is 78.5 Å². The van der Waals surface area contributed by atoms with Crippen molar-refractivity contribution in [3.8, 4) is 0 Å². The Hall–Kier alpha value is -2.95. The topological polar surface area (TPSA) is 225 Å². The van der Waals surface area contributed by atoms with Gasteiger partial charge in [-0.15, -0.1) is 0 Å². The molecule has 2 aliphatic rings. The van der Waals surface area contributed by atoms with Crippen LogP contribution in [0.25, 0.3) is 0 Å². The first-order chi connectivity index (χ1) is 19.6. The summed E-state index contributed by atoms with van der Waals surface area (Å²) in [6.45, 7) is 6.95. The lowest BCUT2D eigenvalue weighted by atomic mass is 9.98. The van der Waals surface area contributed by atoms with Crippen LogP contribution in [0.15, 0.2) is 12.2 Å². The number of rotatable bonds is 12. The fraction of sp³-hybridized carbons (Fsp3) is 0.731. The van der Waals surface area contributed by atoms with Crippen LogP contribution < -0.4 is 48.7 Å². The van der Waals surface area contributed by atoms with Gasteiger partial charge in [0.25, 0.3) is 11.8 Å². The maximum atomic E-state index is 12.8. The van der Waals surface area contributed by atoms with E-state index in [4.69, 9.17) is 11.5 Å². The largest absolute Gasteiger partial charge is 0.356 e. The molecule has 41 heavy (non-hydrogen) atoms. The third kappa shape index (κ3) is 12.2. The molecular formula is C26H48N10O5. The smallest absolute Gasteiger partial charge is 0.253 e. The zero-order valence-electron chi connectivity index (χ0n) is 24.1. The molecule has 0 bridgehead atoms. The van der Waals surface area contributed by atoms with E-state index in [0.29, 0.717) is 78.3 Å². The molecule has 1 saturated heterocycles. The Labute approximate surface area is 241 Å². The van der Waals surface area contributed by atoms with Crippen LogP contribution in [0.2, 0.25) is 0 Å². The normalized spacial score (nSPS) is 24.5. The quantitative estimate of drug-likeness (QED) is 0.0791. The number of nitrogens with two attached hydrogens (primary N) is 2. The molecule has 0 aromatic rings. The number of hydrogen-bond acceptors (Lipinski definition) is 11. The fourth-order valence-corrected chi connectivity index (χ4v) is 4.70. The molecule has 5 amide bonds. The summed E-state index contributed by atoms with van der Waals surface area (Å²) in [5, 5.41) is 22.2. The first-order valence-electron chi connectivity index (χ1n) is 14.3. The van der Waals surface area contributed by atoms with Crippen molar-refractivity contribution in [3.63, 3.8) is 0 Å². The minimum atomic E-state index is -0.708. The Bertz CT molecular complexity index is 894. The van der Waals surface area contributed by atoms with Gasteiger partial charge in [0, 0.05) is 110 Å². The average Bonchev–Trinajstić information content (AvgIpc) is 3.25. The molecule has 0 atom stereocenters. The monoisotopic (exact) mass is 580 g/mol. The summed E-state index contributed by atoms with van der Waals surface area (Å²) < 4.78 is 0. The number of hydrogen-bond donors (Lipinski definition) is 9. The summed E-state index contributed by atoms with van der Waals surface area (Å²) in [5.74, 6) is -1.20. The van der Waals surface area contributed by atoms with E-state index in [-0.39, 0.29) is 55.5 Å². The van der Waals surface area contributed by atoms with Gasteiger partial charge in [0.15, 0.2) is 0 Å². The molecule has 0 aromatic carbocycles. The molecule has 15 nitrogen and oxygen atoms in total. The second kappa shape index (κ2) is 17.8. The van der Waals surface area contributed by atoms with E-state index < -0.39 is 11.1 Å². The molecule has 15 heteroatoms. The van der Waals surface area contributed by atoms with Gasteiger partial charge in [-0.1, -0.05) is 0 Å². The number of nitrogens with zero attached hydrogens (tertiary/aromatic N) is 1. The second-order valence-electron chi connectivity index (χ2n) is 10.6. The highest BCUT2D eigenvalue weighted by Crippen LogP contribution is 2.06. The van der Waals surface area contributed by atoms with Gasteiger partial charge in [0.2, 0.25) is 17.7 Å². The number of carbonyl (C=O) groups is 5. The first-order valence-corrected chi connectivity index (χ1v) is 14.3. The van der Waals surface area contributed by atoms with Crippen molar-refractivity contribution >= 4 is 29.5 Å². The number of carbonyl (C=O) groups excluding carboxylic acids is 5. The van der Waals surface area contributed by atoms with E-state index >= 15 is 0 Å². The van der Waals surface area contributed by atoms with Crippen molar-refractivity contribution in [1.82, 2.24) is 42.1 Å². The zero-order valence-corrected chi connectivity index (χ0v) is 24.1. The highest BCUT2D eigenvalue weighted by atomic mass is 16.2. The lowest BCUT2D eigenvalue weighted by Gasteiger charge is -2.36. The second-order valence-corrected chi connectivity index (χ2v) is 10.6. The minimum absolute atomic E-state index is 0.135. The molecule has 0 saturated carbocycles. The van der Waals surface area contributed by atoms with E-state index in [1.54, 1.807) is 0 Å². The van der Waals surface area contributed by atoms with Crippen molar-refractivity contribution < 1.29 is 24.0 Å². The van der Waals surface area contributed by atoms with Crippen molar-refractivity contribution in [3.05, 3.63) is 12.2 Å². The SMILES string of the molecule is CC(=O)N[C@]1(CN)CNCCNC[C@](CN)(NC(=O)CCCC(=O)NCCCN2C(=O)C=CC2=O)CNCCNC1. The van der Waals surface area contributed by atoms with Crippen molar-refractivity contribution in [2.24, 2.45) is 11.5 Å². The maximum absolute atomic E-state index is 12.8. The number of amides is 5. The highest BCUT2D eigenvalue weighted by Gasteiger charge is 2.31. The lowest BCUT2D eigenvalue weighted by molar-refractivity contribution is -0.136. The molecule has 0 unspecified atom stereocenters. The molecule has 2 heterocycles. The molecule has 1 fully saturated rings. The van der Waals surface area contributed by atoms with Crippen LogP contribution >= 0.6 is 0 Å². The van der Waals surface area contributed by atoms with Crippen LogP contribution in [0.4, 0.5) is 0 Å². The van der Waals surface area contributed by atoms with E-state index in [2.05, 4.69) is 37.2 Å². The van der Waals surface area contributed by atoms with Crippen LogP contribution in [0, 0.1) is 0 Å². The van der Waals surface area contributed by atoms with Gasteiger partial charge in [-0.25, -0.2) is 0 Å². The van der Waals surface area contributed by atoms with Crippen molar-refractivity contribution in [1.29, 1.82) is 0 Å². The van der Waals surface area contributed by atoms with Crippen LogP contribution in [0.1, 0.15) is 32.6 Å². The van der Waals surface area contributed by atoms with Gasteiger partial charge >= 0.3 is 0 Å². The Kier molecular flexibility index (Phi) is 14.8. The van der Waals surface area contributed by atoms with Crippen LogP contribution in [-0.4, -0.2) is 124 Å². The molecule has 232 valence electrons. The van der Waals surface area contributed by atoms with E-state index in [9.17, 15) is 24.0 Å². The Morgan fingerprint density at radius 2 is 1.24 bits per heavy atom. The molecule has 2 aliphatic heterocycles. The summed E-state index contributed by atoms with van der Waals surface area (Å²) in [7, 11) is 0. The molecule has 11 N–H and O–H groups in total. The zero-order chi connectivity index (χ0) is 30.1. The fourth-order valence-electron chi connectivity index (χ4n) is 4.70. The van der Waals surface area contributed by atoms with Gasteiger partial charge in [0.05, 0.1) is 11.1 Å². The summed E-state index contributed by atoms with van der Waals surface area (Å²) in [6.07, 6.45) is 3.65. The molecule has 0 spiro atoms. The Morgan fingerprint density at radius 3 is 1.71 bits per heavy atom. The van der Waals surface area contributed by atoms with Crippen LogP contribution in [-0.2, 0) is 24.0 Å². The van der Waals surface area contributed by atoms with E-state index in [0.717, 1.165) is 4.90 Å². The third-order valence-electron chi connectivity index (χ3n) is 7.03. The van der Waals surface area contributed by atoms with E-state index in [1.165, 1.54) is 19.1 Å². The van der Waals surface area contributed by atoms with Crippen LogP contribution in [0.3, 0.4) is 0 Å². The van der Waals surface area contributed by atoms with Gasteiger partial charge in [-0.3, -0.25) is 28.9 Å². The predicted octanol–water partition coefficient (Wildman–Crippen LogP) is -4.39. The maximum Gasteiger partial charge on any atom is 0.253 e. The number of nitrogens with one attached hydrogen (secondary N) is 7. The minimum Gasteiger partial charge on any atom is -0.356 e. The summed E-state index contributed by atoms with van der Waals surface area (Å²) in [6, 6.07) is 0. The first kappa shape index (κ1) is 34.3. The molecule has 2 rings (SSSR count). The van der Waals surface area contributed by atoms with Gasteiger partial charge < -0.3 is 48.7 Å². The van der Waals surface area contributed by atoms with Gasteiger partial charge in [0.1, 0.15) is 0 Å². The highest BCUT2D eigenvalue weighted by molar-refractivity contribution is 6.12. The van der Waals surface area contributed by atoms with Crippen LogP contribution in [0.5, 0.6) is 0 Å². The Morgan fingerprint density at radius 1 is 0.780 bits per heavy atom.